The van der Waals surface area contributed by atoms with Crippen LogP contribution in [0.2, 0.25) is 5.02 Å². The Morgan fingerprint density at radius 2 is 1.88 bits per heavy atom. The van der Waals surface area contributed by atoms with Crippen molar-refractivity contribution in [1.82, 2.24) is 0 Å². The molecule has 0 aliphatic carbocycles. The van der Waals surface area contributed by atoms with Crippen LogP contribution in [-0.4, -0.2) is 23.7 Å². The predicted octanol–water partition coefficient (Wildman–Crippen LogP) is 4.67. The Labute approximate surface area is 158 Å². The predicted molar refractivity (Wildman–Crippen MR) is 97.3 cm³/mol. The van der Waals surface area contributed by atoms with Crippen molar-refractivity contribution in [1.29, 1.82) is 0 Å². The van der Waals surface area contributed by atoms with E-state index in [-0.39, 0.29) is 22.9 Å². The van der Waals surface area contributed by atoms with Crippen LogP contribution in [0.3, 0.4) is 0 Å². The lowest BCUT2D eigenvalue weighted by Crippen LogP contribution is -2.30. The van der Waals surface area contributed by atoms with Gasteiger partial charge in [-0.3, -0.25) is 9.59 Å². The second kappa shape index (κ2) is 9.54. The van der Waals surface area contributed by atoms with Gasteiger partial charge in [0.25, 0.3) is 5.91 Å². The molecule has 0 unspecified atom stereocenters. The number of hydrogen-bond acceptors (Lipinski definition) is 4. The summed E-state index contributed by atoms with van der Waals surface area (Å²) >= 11 is 7.01. The van der Waals surface area contributed by atoms with Crippen molar-refractivity contribution in [3.05, 3.63) is 59.1 Å². The van der Waals surface area contributed by atoms with Crippen LogP contribution in [-0.2, 0) is 14.3 Å². The Bertz CT molecular complexity index is 787. The highest BCUT2D eigenvalue weighted by Crippen LogP contribution is 2.20. The lowest BCUT2D eigenvalue weighted by molar-refractivity contribution is -0.152. The van der Waals surface area contributed by atoms with Crippen LogP contribution in [0.4, 0.5) is 14.5 Å². The normalized spacial score (nSPS) is 11.7. The summed E-state index contributed by atoms with van der Waals surface area (Å²) in [5, 5.41) is 2.55. The molecule has 0 heterocycles. The number of anilines is 1. The van der Waals surface area contributed by atoms with Crippen molar-refractivity contribution in [2.75, 3.05) is 11.1 Å². The second-order valence-corrected chi connectivity index (χ2v) is 6.90. The molecular weight excluding hydrogens is 384 g/mol. The van der Waals surface area contributed by atoms with Crippen molar-refractivity contribution in [2.45, 2.75) is 24.3 Å². The summed E-state index contributed by atoms with van der Waals surface area (Å²) in [6.07, 6.45) is -0.997. The average Bonchev–Trinajstić information content (AvgIpc) is 2.59. The van der Waals surface area contributed by atoms with Gasteiger partial charge in [-0.15, -0.1) is 11.8 Å². The number of esters is 1. The summed E-state index contributed by atoms with van der Waals surface area (Å²) in [6, 6.07) is 9.73. The van der Waals surface area contributed by atoms with E-state index in [4.69, 9.17) is 16.3 Å². The highest BCUT2D eigenvalue weighted by molar-refractivity contribution is 7.99. The smallest absolute Gasteiger partial charge is 0.307 e. The second-order valence-electron chi connectivity index (χ2n) is 5.30. The Kier molecular flexibility index (Phi) is 7.41. The largest absolute Gasteiger partial charge is 0.453 e. The van der Waals surface area contributed by atoms with Crippen molar-refractivity contribution in [3.8, 4) is 0 Å². The fourth-order valence-corrected chi connectivity index (χ4v) is 2.91. The summed E-state index contributed by atoms with van der Waals surface area (Å²) in [7, 11) is 0. The average molecular weight is 400 g/mol. The lowest BCUT2D eigenvalue weighted by Gasteiger charge is -2.14. The molecule has 1 N–H and O–H groups in total. The summed E-state index contributed by atoms with van der Waals surface area (Å²) < 4.78 is 31.5. The maximum atomic E-state index is 13.7. The van der Waals surface area contributed by atoms with Gasteiger partial charge in [0.1, 0.15) is 11.6 Å². The monoisotopic (exact) mass is 399 g/mol. The molecule has 8 heteroatoms. The number of amides is 1. The summed E-state index contributed by atoms with van der Waals surface area (Å²) in [4.78, 5) is 24.6. The first-order chi connectivity index (χ1) is 12.3. The molecule has 4 nitrogen and oxygen atoms in total. The number of nitrogens with one attached hydrogen (secondary N) is 1. The molecule has 0 aliphatic heterocycles. The van der Waals surface area contributed by atoms with E-state index in [0.29, 0.717) is 5.75 Å². The number of hydrogen-bond donors (Lipinski definition) is 1. The molecule has 0 aliphatic rings. The SMILES string of the molecule is C[C@H](OC(=O)CCSc1ccc(F)cc1)C(=O)Nc1ccc(Cl)cc1F. The molecular formula is C18H16ClF2NO3S. The first kappa shape index (κ1) is 20.2. The number of rotatable bonds is 7. The molecule has 0 spiro atoms. The van der Waals surface area contributed by atoms with Crippen molar-refractivity contribution in [3.63, 3.8) is 0 Å². The molecule has 0 saturated carbocycles. The fraction of sp³-hybridized carbons (Fsp3) is 0.222. The number of carbonyl (C=O) groups is 2. The molecule has 0 bridgehead atoms. The third-order valence-electron chi connectivity index (χ3n) is 3.26. The first-order valence-electron chi connectivity index (χ1n) is 7.69. The summed E-state index contributed by atoms with van der Waals surface area (Å²) in [5.41, 5.74) is -0.0471. The van der Waals surface area contributed by atoms with E-state index < -0.39 is 23.8 Å². The maximum absolute atomic E-state index is 13.7. The number of benzene rings is 2. The van der Waals surface area contributed by atoms with E-state index in [2.05, 4.69) is 5.32 Å². The summed E-state index contributed by atoms with van der Waals surface area (Å²) in [6.45, 7) is 1.40. The zero-order valence-electron chi connectivity index (χ0n) is 13.8. The van der Waals surface area contributed by atoms with Crippen LogP contribution >= 0.6 is 23.4 Å². The molecule has 26 heavy (non-hydrogen) atoms. The van der Waals surface area contributed by atoms with Gasteiger partial charge in [-0.1, -0.05) is 11.6 Å². The highest BCUT2D eigenvalue weighted by atomic mass is 35.5. The van der Waals surface area contributed by atoms with Crippen LogP contribution in [0, 0.1) is 11.6 Å². The molecule has 2 aromatic carbocycles. The van der Waals surface area contributed by atoms with Gasteiger partial charge in [-0.25, -0.2) is 8.78 Å². The van der Waals surface area contributed by atoms with Gasteiger partial charge in [0.15, 0.2) is 6.10 Å². The van der Waals surface area contributed by atoms with Crippen LogP contribution in [0.1, 0.15) is 13.3 Å². The van der Waals surface area contributed by atoms with Gasteiger partial charge in [0.2, 0.25) is 0 Å². The van der Waals surface area contributed by atoms with Crippen molar-refractivity contribution in [2.24, 2.45) is 0 Å². The Morgan fingerprint density at radius 1 is 1.19 bits per heavy atom. The molecule has 0 saturated heterocycles. The van der Waals surface area contributed by atoms with Crippen LogP contribution in [0.25, 0.3) is 0 Å². The molecule has 1 amide bonds. The molecule has 2 aromatic rings. The number of thioether (sulfide) groups is 1. The van der Waals surface area contributed by atoms with Gasteiger partial charge in [-0.2, -0.15) is 0 Å². The third-order valence-corrected chi connectivity index (χ3v) is 4.50. The van der Waals surface area contributed by atoms with Gasteiger partial charge < -0.3 is 10.1 Å². The lowest BCUT2D eigenvalue weighted by atomic mass is 10.3. The van der Waals surface area contributed by atoms with E-state index in [1.54, 1.807) is 12.1 Å². The Balaban J connectivity index is 1.76. The maximum Gasteiger partial charge on any atom is 0.307 e. The van der Waals surface area contributed by atoms with E-state index >= 15 is 0 Å². The van der Waals surface area contributed by atoms with Gasteiger partial charge in [0.05, 0.1) is 12.1 Å². The van der Waals surface area contributed by atoms with Crippen LogP contribution in [0.15, 0.2) is 47.4 Å². The van der Waals surface area contributed by atoms with Gasteiger partial charge >= 0.3 is 5.97 Å². The highest BCUT2D eigenvalue weighted by Gasteiger charge is 2.19. The van der Waals surface area contributed by atoms with E-state index in [1.165, 1.54) is 43.0 Å². The Hall–Kier alpha value is -2.12. The quantitative estimate of drug-likeness (QED) is 0.543. The minimum Gasteiger partial charge on any atom is -0.453 e. The third kappa shape index (κ3) is 6.31. The molecule has 0 fully saturated rings. The number of carbonyl (C=O) groups excluding carboxylic acids is 2. The summed E-state index contributed by atoms with van der Waals surface area (Å²) in [5.74, 6) is -1.79. The number of halogens is 3. The number of ether oxygens (including phenoxy) is 1. The fourth-order valence-electron chi connectivity index (χ4n) is 1.92. The van der Waals surface area contributed by atoms with Gasteiger partial charge in [0, 0.05) is 15.7 Å². The zero-order chi connectivity index (χ0) is 19.1. The molecule has 138 valence electrons. The van der Waals surface area contributed by atoms with Crippen LogP contribution in [0.5, 0.6) is 0 Å². The van der Waals surface area contributed by atoms with Crippen LogP contribution < -0.4 is 5.32 Å². The van der Waals surface area contributed by atoms with Gasteiger partial charge in [-0.05, 0) is 49.4 Å². The standard InChI is InChI=1S/C18H16ClF2NO3S/c1-11(18(24)22-16-7-2-12(19)10-15(16)21)25-17(23)8-9-26-14-5-3-13(20)4-6-14/h2-7,10-11H,8-9H2,1H3,(H,22,24)/t11-/m0/s1. The van der Waals surface area contributed by atoms with E-state index in [0.717, 1.165) is 11.0 Å². The van der Waals surface area contributed by atoms with E-state index in [1.807, 2.05) is 0 Å². The zero-order valence-corrected chi connectivity index (χ0v) is 15.4. The Morgan fingerprint density at radius 3 is 2.54 bits per heavy atom. The molecule has 0 radical (unpaired) electrons. The minimum atomic E-state index is -1.08. The first-order valence-corrected chi connectivity index (χ1v) is 9.05. The van der Waals surface area contributed by atoms with Crippen molar-refractivity contribution < 1.29 is 23.1 Å². The molecule has 2 rings (SSSR count). The van der Waals surface area contributed by atoms with Crippen molar-refractivity contribution >= 4 is 40.9 Å². The molecule has 0 aromatic heterocycles. The topological polar surface area (TPSA) is 55.4 Å². The molecule has 1 atom stereocenters. The van der Waals surface area contributed by atoms with E-state index in [9.17, 15) is 18.4 Å². The minimum absolute atomic E-state index is 0.0471.